The molecule has 1 aromatic rings. The first-order valence-corrected chi connectivity index (χ1v) is 11.6. The van der Waals surface area contributed by atoms with Crippen LogP contribution in [0.3, 0.4) is 0 Å². The number of nitrogens with one attached hydrogen (secondary N) is 2. The normalized spacial score (nSPS) is 18.5. The molecule has 0 spiro atoms. The summed E-state index contributed by atoms with van der Waals surface area (Å²) < 4.78 is 5.42. The minimum Gasteiger partial charge on any atom is -0.379 e. The third-order valence-electron chi connectivity index (χ3n) is 5.72. The van der Waals surface area contributed by atoms with Gasteiger partial charge in [0.05, 0.1) is 19.8 Å². The molecule has 1 aromatic carbocycles. The molecule has 7 nitrogen and oxygen atoms in total. The van der Waals surface area contributed by atoms with Crippen molar-refractivity contribution in [2.24, 2.45) is 4.99 Å². The summed E-state index contributed by atoms with van der Waals surface area (Å²) in [5.41, 5.74) is 2.32. The number of nitrogens with zero attached hydrogens (tertiary/aromatic N) is 4. The van der Waals surface area contributed by atoms with Gasteiger partial charge in [0.15, 0.2) is 5.96 Å². The van der Waals surface area contributed by atoms with Crippen LogP contribution >= 0.6 is 35.6 Å². The summed E-state index contributed by atoms with van der Waals surface area (Å²) in [4.78, 5) is 12.1. The molecule has 31 heavy (non-hydrogen) atoms. The molecule has 0 aromatic heterocycles. The van der Waals surface area contributed by atoms with Crippen LogP contribution in [0.1, 0.15) is 18.9 Å². The van der Waals surface area contributed by atoms with E-state index in [1.165, 1.54) is 5.69 Å². The SMILES string of the molecule is CCNC(=NCc1c(Cl)cccc1N1CCN(C)CC1)NCCCN1CCOCC1.I. The van der Waals surface area contributed by atoms with Crippen LogP contribution < -0.4 is 15.5 Å². The molecule has 2 aliphatic heterocycles. The Bertz CT molecular complexity index is 678. The average molecular weight is 565 g/mol. The molecule has 2 aliphatic rings. The Kier molecular flexibility index (Phi) is 12.2. The number of ether oxygens (including phenoxy) is 1. The lowest BCUT2D eigenvalue weighted by Gasteiger charge is -2.35. The summed E-state index contributed by atoms with van der Waals surface area (Å²) in [6.45, 7) is 13.5. The Morgan fingerprint density at radius 1 is 1.10 bits per heavy atom. The summed E-state index contributed by atoms with van der Waals surface area (Å²) in [5.74, 6) is 0.851. The predicted molar refractivity (Wildman–Crippen MR) is 141 cm³/mol. The molecule has 0 bridgehead atoms. The van der Waals surface area contributed by atoms with Crippen molar-refractivity contribution in [2.45, 2.75) is 19.9 Å². The molecule has 2 saturated heterocycles. The third kappa shape index (κ3) is 8.57. The number of hydrogen-bond acceptors (Lipinski definition) is 5. The lowest BCUT2D eigenvalue weighted by Crippen LogP contribution is -2.44. The van der Waals surface area contributed by atoms with Gasteiger partial charge >= 0.3 is 0 Å². The molecule has 0 unspecified atom stereocenters. The zero-order valence-electron chi connectivity index (χ0n) is 18.9. The average Bonchev–Trinajstić information content (AvgIpc) is 2.77. The number of hydrogen-bond donors (Lipinski definition) is 2. The summed E-state index contributed by atoms with van der Waals surface area (Å²) in [7, 11) is 2.17. The van der Waals surface area contributed by atoms with Crippen LogP contribution in [0.15, 0.2) is 23.2 Å². The molecule has 2 N–H and O–H groups in total. The van der Waals surface area contributed by atoms with Gasteiger partial charge in [-0.25, -0.2) is 4.99 Å². The molecule has 176 valence electrons. The lowest BCUT2D eigenvalue weighted by molar-refractivity contribution is 0.0376. The molecule has 9 heteroatoms. The maximum absolute atomic E-state index is 6.59. The Morgan fingerprint density at radius 3 is 2.55 bits per heavy atom. The zero-order valence-corrected chi connectivity index (χ0v) is 22.0. The van der Waals surface area contributed by atoms with Crippen molar-refractivity contribution >= 4 is 47.2 Å². The second-order valence-electron chi connectivity index (χ2n) is 7.96. The Labute approximate surface area is 209 Å². The maximum Gasteiger partial charge on any atom is 0.191 e. The van der Waals surface area contributed by atoms with E-state index in [-0.39, 0.29) is 24.0 Å². The van der Waals surface area contributed by atoms with Crippen LogP contribution in [-0.4, -0.2) is 94.9 Å². The molecule has 0 saturated carbocycles. The summed E-state index contributed by atoms with van der Waals surface area (Å²) in [6, 6.07) is 6.18. The number of guanidine groups is 1. The number of aliphatic imine (C=N–C) groups is 1. The van der Waals surface area contributed by atoms with Crippen molar-refractivity contribution in [3.63, 3.8) is 0 Å². The first-order chi connectivity index (χ1) is 14.7. The van der Waals surface area contributed by atoms with E-state index in [4.69, 9.17) is 21.3 Å². The molecule has 2 heterocycles. The Balaban J connectivity index is 0.00000341. The monoisotopic (exact) mass is 564 g/mol. The molecular formula is C22H38ClIN6O. The highest BCUT2D eigenvalue weighted by molar-refractivity contribution is 14.0. The van der Waals surface area contributed by atoms with E-state index in [0.717, 1.165) is 95.1 Å². The van der Waals surface area contributed by atoms with Gasteiger partial charge in [0.2, 0.25) is 0 Å². The summed E-state index contributed by atoms with van der Waals surface area (Å²) >= 11 is 6.59. The van der Waals surface area contributed by atoms with Crippen LogP contribution in [0.2, 0.25) is 5.02 Å². The predicted octanol–water partition coefficient (Wildman–Crippen LogP) is 2.49. The van der Waals surface area contributed by atoms with E-state index in [9.17, 15) is 0 Å². The van der Waals surface area contributed by atoms with Crippen molar-refractivity contribution in [2.75, 3.05) is 84.1 Å². The standard InChI is InChI=1S/C22H37ClN6O.HI/c1-3-24-22(25-8-5-9-28-14-16-30-17-15-28)26-18-19-20(23)6-4-7-21(19)29-12-10-27(2)11-13-29;/h4,6-7H,3,5,8-18H2,1-2H3,(H2,24,25,26);1H. The van der Waals surface area contributed by atoms with Crippen molar-refractivity contribution < 1.29 is 4.74 Å². The molecule has 0 radical (unpaired) electrons. The number of likely N-dealkylation sites (N-methyl/N-ethyl adjacent to an activating group) is 1. The number of morpholine rings is 1. The van der Waals surface area contributed by atoms with E-state index in [1.807, 2.05) is 12.1 Å². The van der Waals surface area contributed by atoms with Crippen molar-refractivity contribution in [1.82, 2.24) is 20.4 Å². The first-order valence-electron chi connectivity index (χ1n) is 11.2. The van der Waals surface area contributed by atoms with E-state index < -0.39 is 0 Å². The highest BCUT2D eigenvalue weighted by Gasteiger charge is 2.18. The number of rotatable bonds is 8. The highest BCUT2D eigenvalue weighted by atomic mass is 127. The minimum atomic E-state index is 0. The zero-order chi connectivity index (χ0) is 21.2. The molecule has 3 rings (SSSR count). The fraction of sp³-hybridized carbons (Fsp3) is 0.682. The van der Waals surface area contributed by atoms with Crippen LogP contribution in [-0.2, 0) is 11.3 Å². The second-order valence-corrected chi connectivity index (χ2v) is 8.36. The lowest BCUT2D eigenvalue weighted by atomic mass is 10.1. The van der Waals surface area contributed by atoms with Crippen LogP contribution in [0, 0.1) is 0 Å². The first kappa shape index (κ1) is 26.4. The van der Waals surface area contributed by atoms with Crippen LogP contribution in [0.4, 0.5) is 5.69 Å². The largest absolute Gasteiger partial charge is 0.379 e. The van der Waals surface area contributed by atoms with Gasteiger partial charge in [-0.2, -0.15) is 0 Å². The smallest absolute Gasteiger partial charge is 0.191 e. The number of halogens is 2. The van der Waals surface area contributed by atoms with Crippen molar-refractivity contribution in [1.29, 1.82) is 0 Å². The van der Waals surface area contributed by atoms with E-state index in [0.29, 0.717) is 6.54 Å². The molecular weight excluding hydrogens is 527 g/mol. The summed E-state index contributed by atoms with van der Waals surface area (Å²) in [6.07, 6.45) is 1.09. The van der Waals surface area contributed by atoms with Gasteiger partial charge in [-0.15, -0.1) is 24.0 Å². The van der Waals surface area contributed by atoms with Gasteiger partial charge in [0.25, 0.3) is 0 Å². The van der Waals surface area contributed by atoms with Crippen molar-refractivity contribution in [3.8, 4) is 0 Å². The highest BCUT2D eigenvalue weighted by Crippen LogP contribution is 2.29. The van der Waals surface area contributed by atoms with E-state index in [2.05, 4.69) is 45.4 Å². The summed E-state index contributed by atoms with van der Waals surface area (Å²) in [5, 5.41) is 7.62. The van der Waals surface area contributed by atoms with Gasteiger partial charge < -0.3 is 25.2 Å². The number of anilines is 1. The van der Waals surface area contributed by atoms with Crippen LogP contribution in [0.5, 0.6) is 0 Å². The number of benzene rings is 1. The Hall–Kier alpha value is -0.810. The van der Waals surface area contributed by atoms with Gasteiger partial charge in [-0.1, -0.05) is 17.7 Å². The third-order valence-corrected chi connectivity index (χ3v) is 6.08. The van der Waals surface area contributed by atoms with E-state index in [1.54, 1.807) is 0 Å². The van der Waals surface area contributed by atoms with Gasteiger partial charge in [0, 0.05) is 68.6 Å². The molecule has 0 aliphatic carbocycles. The topological polar surface area (TPSA) is 55.4 Å². The molecule has 2 fully saturated rings. The van der Waals surface area contributed by atoms with Gasteiger partial charge in [-0.05, 0) is 39.1 Å². The second kappa shape index (κ2) is 14.4. The van der Waals surface area contributed by atoms with Gasteiger partial charge in [0.1, 0.15) is 0 Å². The fourth-order valence-corrected chi connectivity index (χ4v) is 4.11. The van der Waals surface area contributed by atoms with E-state index >= 15 is 0 Å². The number of piperazine rings is 1. The molecule has 0 amide bonds. The Morgan fingerprint density at radius 2 is 1.84 bits per heavy atom. The fourth-order valence-electron chi connectivity index (χ4n) is 3.88. The minimum absolute atomic E-state index is 0. The van der Waals surface area contributed by atoms with Gasteiger partial charge in [-0.3, -0.25) is 4.90 Å². The quantitative estimate of drug-likeness (QED) is 0.219. The molecule has 0 atom stereocenters. The van der Waals surface area contributed by atoms with Crippen LogP contribution in [0.25, 0.3) is 0 Å². The maximum atomic E-state index is 6.59. The van der Waals surface area contributed by atoms with Crippen molar-refractivity contribution in [3.05, 3.63) is 28.8 Å².